The SMILES string of the molecule is COc1c(C#Cc2ccccn2)cnn1-c1ccc(F)cc1. The predicted octanol–water partition coefficient (Wildman–Crippen LogP) is 2.81. The highest BCUT2D eigenvalue weighted by Crippen LogP contribution is 2.21. The normalized spacial score (nSPS) is 9.91. The number of nitrogens with zero attached hydrogens (tertiary/aromatic N) is 3. The lowest BCUT2D eigenvalue weighted by molar-refractivity contribution is 0.382. The van der Waals surface area contributed by atoms with Crippen LogP contribution in [0.15, 0.2) is 54.9 Å². The standard InChI is InChI=1S/C17H12FN3O/c1-22-17-13(5-8-15-4-2-3-11-19-15)12-20-21(17)16-9-6-14(18)7-10-16/h2-4,6-7,9-12H,1H3. The Morgan fingerprint density at radius 3 is 2.59 bits per heavy atom. The minimum atomic E-state index is -0.301. The zero-order valence-corrected chi connectivity index (χ0v) is 11.8. The fraction of sp³-hybridized carbons (Fsp3) is 0.0588. The zero-order valence-electron chi connectivity index (χ0n) is 11.8. The Balaban J connectivity index is 1.98. The van der Waals surface area contributed by atoms with Crippen molar-refractivity contribution in [2.75, 3.05) is 7.11 Å². The van der Waals surface area contributed by atoms with Crippen LogP contribution in [0.5, 0.6) is 5.88 Å². The maximum absolute atomic E-state index is 13.0. The van der Waals surface area contributed by atoms with Crippen LogP contribution in [0.3, 0.4) is 0 Å². The molecule has 0 unspecified atom stereocenters. The van der Waals surface area contributed by atoms with E-state index in [9.17, 15) is 4.39 Å². The lowest BCUT2D eigenvalue weighted by Crippen LogP contribution is -2.00. The van der Waals surface area contributed by atoms with Crippen molar-refractivity contribution in [3.05, 3.63) is 71.9 Å². The molecule has 4 nitrogen and oxygen atoms in total. The number of hydrogen-bond donors (Lipinski definition) is 0. The van der Waals surface area contributed by atoms with E-state index in [1.807, 2.05) is 18.2 Å². The van der Waals surface area contributed by atoms with Gasteiger partial charge in [0, 0.05) is 6.20 Å². The molecule has 0 saturated carbocycles. The van der Waals surface area contributed by atoms with E-state index in [1.54, 1.807) is 36.3 Å². The minimum absolute atomic E-state index is 0.301. The number of methoxy groups -OCH3 is 1. The van der Waals surface area contributed by atoms with Crippen molar-refractivity contribution in [3.63, 3.8) is 0 Å². The van der Waals surface area contributed by atoms with Crippen LogP contribution in [0.25, 0.3) is 5.69 Å². The highest BCUT2D eigenvalue weighted by molar-refractivity contribution is 5.48. The third-order valence-electron chi connectivity index (χ3n) is 2.98. The number of aromatic nitrogens is 3. The van der Waals surface area contributed by atoms with Crippen molar-refractivity contribution in [2.24, 2.45) is 0 Å². The van der Waals surface area contributed by atoms with E-state index < -0.39 is 0 Å². The molecule has 0 spiro atoms. The number of halogens is 1. The van der Waals surface area contributed by atoms with Gasteiger partial charge in [-0.2, -0.15) is 9.78 Å². The van der Waals surface area contributed by atoms with Gasteiger partial charge in [-0.25, -0.2) is 9.37 Å². The molecule has 0 aliphatic carbocycles. The molecule has 2 heterocycles. The molecule has 0 aliphatic heterocycles. The zero-order chi connectivity index (χ0) is 15.4. The first kappa shape index (κ1) is 13.8. The third kappa shape index (κ3) is 2.81. The molecular formula is C17H12FN3O. The van der Waals surface area contributed by atoms with Crippen molar-refractivity contribution >= 4 is 0 Å². The number of pyridine rings is 1. The molecule has 3 rings (SSSR count). The summed E-state index contributed by atoms with van der Waals surface area (Å²) in [5.41, 5.74) is 2.00. The predicted molar refractivity (Wildman–Crippen MR) is 80.3 cm³/mol. The van der Waals surface area contributed by atoms with E-state index in [-0.39, 0.29) is 5.82 Å². The lowest BCUT2D eigenvalue weighted by Gasteiger charge is -2.06. The summed E-state index contributed by atoms with van der Waals surface area (Å²) in [5, 5.41) is 4.25. The van der Waals surface area contributed by atoms with Gasteiger partial charge in [0.2, 0.25) is 5.88 Å². The van der Waals surface area contributed by atoms with Gasteiger partial charge in [-0.1, -0.05) is 12.0 Å². The van der Waals surface area contributed by atoms with E-state index in [4.69, 9.17) is 4.74 Å². The molecule has 0 bridgehead atoms. The molecule has 108 valence electrons. The average molecular weight is 293 g/mol. The highest BCUT2D eigenvalue weighted by atomic mass is 19.1. The molecular weight excluding hydrogens is 281 g/mol. The number of ether oxygens (including phenoxy) is 1. The summed E-state index contributed by atoms with van der Waals surface area (Å²) >= 11 is 0. The van der Waals surface area contributed by atoms with Gasteiger partial charge in [-0.05, 0) is 42.3 Å². The van der Waals surface area contributed by atoms with Gasteiger partial charge in [0.05, 0.1) is 19.0 Å². The van der Waals surface area contributed by atoms with Gasteiger partial charge in [0.25, 0.3) is 0 Å². The molecule has 22 heavy (non-hydrogen) atoms. The maximum Gasteiger partial charge on any atom is 0.232 e. The van der Waals surface area contributed by atoms with Crippen molar-refractivity contribution in [3.8, 4) is 23.4 Å². The fourth-order valence-corrected chi connectivity index (χ4v) is 1.95. The lowest BCUT2D eigenvalue weighted by atomic mass is 10.3. The summed E-state index contributed by atoms with van der Waals surface area (Å²) in [7, 11) is 1.54. The summed E-state index contributed by atoms with van der Waals surface area (Å²) in [6.07, 6.45) is 3.29. The summed E-state index contributed by atoms with van der Waals surface area (Å²) in [4.78, 5) is 4.14. The second-order valence-corrected chi connectivity index (χ2v) is 4.42. The van der Waals surface area contributed by atoms with Crippen LogP contribution in [-0.4, -0.2) is 21.9 Å². The van der Waals surface area contributed by atoms with Gasteiger partial charge in [-0.3, -0.25) is 0 Å². The van der Waals surface area contributed by atoms with Gasteiger partial charge in [0.1, 0.15) is 17.1 Å². The highest BCUT2D eigenvalue weighted by Gasteiger charge is 2.11. The van der Waals surface area contributed by atoms with Crippen LogP contribution < -0.4 is 4.74 Å². The van der Waals surface area contributed by atoms with E-state index in [0.717, 1.165) is 0 Å². The van der Waals surface area contributed by atoms with Crippen molar-refractivity contribution in [1.29, 1.82) is 0 Å². The Labute approximate surface area is 127 Å². The Hall–Kier alpha value is -3.13. The van der Waals surface area contributed by atoms with E-state index in [0.29, 0.717) is 22.8 Å². The smallest absolute Gasteiger partial charge is 0.232 e. The number of benzene rings is 1. The van der Waals surface area contributed by atoms with Gasteiger partial charge < -0.3 is 4.74 Å². The quantitative estimate of drug-likeness (QED) is 0.682. The average Bonchev–Trinajstić information content (AvgIpc) is 2.97. The van der Waals surface area contributed by atoms with Gasteiger partial charge in [0.15, 0.2) is 0 Å². The van der Waals surface area contributed by atoms with Gasteiger partial charge >= 0.3 is 0 Å². The second-order valence-electron chi connectivity index (χ2n) is 4.42. The van der Waals surface area contributed by atoms with Crippen LogP contribution >= 0.6 is 0 Å². The van der Waals surface area contributed by atoms with E-state index in [2.05, 4.69) is 21.9 Å². The first-order valence-electron chi connectivity index (χ1n) is 6.59. The van der Waals surface area contributed by atoms with Crippen LogP contribution in [0.2, 0.25) is 0 Å². The Bertz CT molecular complexity index is 830. The molecule has 5 heteroatoms. The first-order chi connectivity index (χ1) is 10.8. The molecule has 0 N–H and O–H groups in total. The Kier molecular flexibility index (Phi) is 3.84. The molecule has 1 aromatic carbocycles. The summed E-state index contributed by atoms with van der Waals surface area (Å²) in [6, 6.07) is 11.5. The van der Waals surface area contributed by atoms with Crippen molar-refractivity contribution in [1.82, 2.24) is 14.8 Å². The summed E-state index contributed by atoms with van der Waals surface area (Å²) < 4.78 is 20.0. The van der Waals surface area contributed by atoms with Crippen molar-refractivity contribution in [2.45, 2.75) is 0 Å². The monoisotopic (exact) mass is 293 g/mol. The molecule has 0 saturated heterocycles. The summed E-state index contributed by atoms with van der Waals surface area (Å²) in [6.45, 7) is 0. The topological polar surface area (TPSA) is 39.9 Å². The Morgan fingerprint density at radius 2 is 1.91 bits per heavy atom. The van der Waals surface area contributed by atoms with Crippen molar-refractivity contribution < 1.29 is 9.13 Å². The molecule has 3 aromatic rings. The van der Waals surface area contributed by atoms with Crippen LogP contribution in [0.4, 0.5) is 4.39 Å². The molecule has 0 amide bonds. The maximum atomic E-state index is 13.0. The van der Waals surface area contributed by atoms with Gasteiger partial charge in [-0.15, -0.1) is 0 Å². The number of hydrogen-bond acceptors (Lipinski definition) is 3. The van der Waals surface area contributed by atoms with E-state index >= 15 is 0 Å². The molecule has 0 fully saturated rings. The number of rotatable bonds is 2. The van der Waals surface area contributed by atoms with E-state index in [1.165, 1.54) is 12.1 Å². The van der Waals surface area contributed by atoms with Crippen LogP contribution in [0, 0.1) is 17.7 Å². The minimum Gasteiger partial charge on any atom is -0.480 e. The fourth-order valence-electron chi connectivity index (χ4n) is 1.95. The summed E-state index contributed by atoms with van der Waals surface area (Å²) in [5.74, 6) is 6.14. The molecule has 0 aliphatic rings. The largest absolute Gasteiger partial charge is 0.480 e. The molecule has 0 atom stereocenters. The Morgan fingerprint density at radius 1 is 1.09 bits per heavy atom. The van der Waals surface area contributed by atoms with Crippen LogP contribution in [0.1, 0.15) is 11.3 Å². The molecule has 2 aromatic heterocycles. The second kappa shape index (κ2) is 6.10. The molecule has 0 radical (unpaired) electrons. The third-order valence-corrected chi connectivity index (χ3v) is 2.98. The van der Waals surface area contributed by atoms with Crippen LogP contribution in [-0.2, 0) is 0 Å². The first-order valence-corrected chi connectivity index (χ1v) is 6.59.